The van der Waals surface area contributed by atoms with Gasteiger partial charge in [-0.2, -0.15) is 0 Å². The molecule has 0 saturated heterocycles. The van der Waals surface area contributed by atoms with Crippen LogP contribution in [0.15, 0.2) is 18.2 Å². The molecule has 1 atom stereocenters. The Morgan fingerprint density at radius 1 is 1.47 bits per heavy atom. The summed E-state index contributed by atoms with van der Waals surface area (Å²) in [5, 5.41) is 19.1. The van der Waals surface area contributed by atoms with Gasteiger partial charge < -0.3 is 15.1 Å². The molecule has 0 saturated carbocycles. The maximum absolute atomic E-state index is 12.0. The molecule has 0 radical (unpaired) electrons. The number of anilines is 1. The predicted octanol–water partition coefficient (Wildman–Crippen LogP) is 0.634. The van der Waals surface area contributed by atoms with Crippen LogP contribution in [0.3, 0.4) is 0 Å². The molecule has 1 aromatic carbocycles. The molecule has 0 aliphatic carbocycles. The average Bonchev–Trinajstić information content (AvgIpc) is 2.42. The van der Waals surface area contributed by atoms with Crippen molar-refractivity contribution in [1.29, 1.82) is 0 Å². The smallest absolute Gasteiger partial charge is 0.307 e. The molecule has 2 rings (SSSR count). The molecule has 0 spiro atoms. The van der Waals surface area contributed by atoms with Gasteiger partial charge >= 0.3 is 5.97 Å². The lowest BCUT2D eigenvalue weighted by atomic mass is 9.91. The molecular formula is C12H13NO4. The van der Waals surface area contributed by atoms with Crippen LogP contribution in [0.4, 0.5) is 5.69 Å². The maximum atomic E-state index is 12.0. The van der Waals surface area contributed by atoms with Crippen molar-refractivity contribution in [2.45, 2.75) is 18.9 Å². The minimum atomic E-state index is -1.94. The number of aliphatic hydroxyl groups is 1. The van der Waals surface area contributed by atoms with Crippen LogP contribution in [0.5, 0.6) is 0 Å². The number of aliphatic carboxylic acids is 1. The van der Waals surface area contributed by atoms with E-state index in [1.807, 2.05) is 13.0 Å². The zero-order valence-corrected chi connectivity index (χ0v) is 9.60. The van der Waals surface area contributed by atoms with Crippen molar-refractivity contribution in [3.05, 3.63) is 29.3 Å². The molecule has 90 valence electrons. The Morgan fingerprint density at radius 3 is 2.71 bits per heavy atom. The number of nitrogens with zero attached hydrogens (tertiary/aromatic N) is 1. The number of hydrogen-bond donors (Lipinski definition) is 2. The summed E-state index contributed by atoms with van der Waals surface area (Å²) in [5.74, 6) is -1.80. The number of amides is 1. The number of benzene rings is 1. The molecule has 0 bridgehead atoms. The molecular weight excluding hydrogens is 222 g/mol. The van der Waals surface area contributed by atoms with Gasteiger partial charge in [-0.05, 0) is 12.5 Å². The molecule has 1 aliphatic heterocycles. The van der Waals surface area contributed by atoms with Gasteiger partial charge in [0.2, 0.25) is 0 Å². The molecule has 1 aromatic rings. The van der Waals surface area contributed by atoms with Gasteiger partial charge in [0, 0.05) is 12.6 Å². The van der Waals surface area contributed by atoms with Crippen LogP contribution in [0.1, 0.15) is 17.5 Å². The number of carboxylic acid groups (broad SMARTS) is 1. The Labute approximate surface area is 98.3 Å². The normalized spacial score (nSPS) is 22.8. The summed E-state index contributed by atoms with van der Waals surface area (Å²) in [6, 6.07) is 5.11. The Hall–Kier alpha value is -1.88. The highest BCUT2D eigenvalue weighted by Crippen LogP contribution is 2.43. The summed E-state index contributed by atoms with van der Waals surface area (Å²) in [6.07, 6.45) is -0.618. The summed E-state index contributed by atoms with van der Waals surface area (Å²) in [6.45, 7) is 1.81. The molecule has 1 amide bonds. The monoisotopic (exact) mass is 235 g/mol. The fourth-order valence-corrected chi connectivity index (χ4v) is 2.32. The van der Waals surface area contributed by atoms with E-state index in [4.69, 9.17) is 5.11 Å². The zero-order chi connectivity index (χ0) is 12.8. The van der Waals surface area contributed by atoms with Gasteiger partial charge in [0.25, 0.3) is 5.91 Å². The van der Waals surface area contributed by atoms with Gasteiger partial charge in [0.1, 0.15) is 0 Å². The van der Waals surface area contributed by atoms with Gasteiger partial charge in [-0.25, -0.2) is 0 Å². The minimum absolute atomic E-state index is 0.368. The van der Waals surface area contributed by atoms with Crippen LogP contribution in [-0.4, -0.2) is 29.1 Å². The second-order valence-electron chi connectivity index (χ2n) is 4.27. The van der Waals surface area contributed by atoms with Crippen molar-refractivity contribution in [1.82, 2.24) is 0 Å². The number of rotatable bonds is 2. The standard InChI is InChI=1S/C12H13NO4/c1-7-4-3-5-8-10(7)13(2)11(16)12(8,17)6-9(14)15/h3-5,17H,6H2,1-2H3,(H,14,15). The molecule has 5 nitrogen and oxygen atoms in total. The third-order valence-corrected chi connectivity index (χ3v) is 3.08. The number of carbonyl (C=O) groups excluding carboxylic acids is 1. The van der Waals surface area contributed by atoms with E-state index in [0.717, 1.165) is 5.56 Å². The Kier molecular flexibility index (Phi) is 2.43. The summed E-state index contributed by atoms with van der Waals surface area (Å²) in [4.78, 5) is 24.1. The van der Waals surface area contributed by atoms with E-state index < -0.39 is 23.9 Å². The first kappa shape index (κ1) is 11.6. The Morgan fingerprint density at radius 2 is 2.12 bits per heavy atom. The summed E-state index contributed by atoms with van der Waals surface area (Å²) >= 11 is 0. The second kappa shape index (κ2) is 3.56. The Balaban J connectivity index is 2.63. The van der Waals surface area contributed by atoms with E-state index >= 15 is 0 Å². The van der Waals surface area contributed by atoms with E-state index in [1.54, 1.807) is 12.1 Å². The first-order valence-electron chi connectivity index (χ1n) is 5.20. The predicted molar refractivity (Wildman–Crippen MR) is 60.7 cm³/mol. The van der Waals surface area contributed by atoms with Crippen molar-refractivity contribution < 1.29 is 19.8 Å². The minimum Gasteiger partial charge on any atom is -0.481 e. The van der Waals surface area contributed by atoms with Crippen LogP contribution in [0.2, 0.25) is 0 Å². The van der Waals surface area contributed by atoms with E-state index in [-0.39, 0.29) is 0 Å². The van der Waals surface area contributed by atoms with Crippen LogP contribution in [0.25, 0.3) is 0 Å². The number of aryl methyl sites for hydroxylation is 1. The first-order chi connectivity index (χ1) is 7.88. The first-order valence-corrected chi connectivity index (χ1v) is 5.20. The molecule has 0 fully saturated rings. The molecule has 1 aliphatic rings. The van der Waals surface area contributed by atoms with Crippen LogP contribution < -0.4 is 4.90 Å². The summed E-state index contributed by atoms with van der Waals surface area (Å²) in [7, 11) is 1.54. The molecule has 2 N–H and O–H groups in total. The van der Waals surface area contributed by atoms with Crippen molar-refractivity contribution in [2.75, 3.05) is 11.9 Å². The van der Waals surface area contributed by atoms with Crippen LogP contribution in [-0.2, 0) is 15.2 Å². The maximum Gasteiger partial charge on any atom is 0.307 e. The molecule has 1 unspecified atom stereocenters. The SMILES string of the molecule is Cc1cccc2c1N(C)C(=O)C2(O)CC(=O)O. The highest BCUT2D eigenvalue weighted by molar-refractivity contribution is 6.08. The quantitative estimate of drug-likeness (QED) is 0.788. The van der Waals surface area contributed by atoms with Crippen molar-refractivity contribution in [3.8, 4) is 0 Å². The second-order valence-corrected chi connectivity index (χ2v) is 4.27. The van der Waals surface area contributed by atoms with Gasteiger partial charge in [0.15, 0.2) is 5.60 Å². The van der Waals surface area contributed by atoms with Gasteiger partial charge in [0.05, 0.1) is 12.1 Å². The lowest BCUT2D eigenvalue weighted by Crippen LogP contribution is -2.40. The van der Waals surface area contributed by atoms with E-state index in [1.165, 1.54) is 11.9 Å². The topological polar surface area (TPSA) is 77.8 Å². The Bertz CT molecular complexity index is 511. The highest BCUT2D eigenvalue weighted by Gasteiger charge is 2.50. The fourth-order valence-electron chi connectivity index (χ4n) is 2.32. The number of carbonyl (C=O) groups is 2. The fraction of sp³-hybridized carbons (Fsp3) is 0.333. The number of carboxylic acids is 1. The lowest BCUT2D eigenvalue weighted by molar-refractivity contribution is -0.150. The van der Waals surface area contributed by atoms with Crippen LogP contribution in [0, 0.1) is 6.92 Å². The third-order valence-electron chi connectivity index (χ3n) is 3.08. The molecule has 1 heterocycles. The van der Waals surface area contributed by atoms with E-state index in [9.17, 15) is 14.7 Å². The van der Waals surface area contributed by atoms with Gasteiger partial charge in [-0.3, -0.25) is 9.59 Å². The van der Waals surface area contributed by atoms with Gasteiger partial charge in [-0.15, -0.1) is 0 Å². The zero-order valence-electron chi connectivity index (χ0n) is 9.60. The summed E-state index contributed by atoms with van der Waals surface area (Å²) in [5.41, 5.74) is -0.143. The summed E-state index contributed by atoms with van der Waals surface area (Å²) < 4.78 is 0. The number of para-hydroxylation sites is 1. The van der Waals surface area contributed by atoms with E-state index in [0.29, 0.717) is 11.3 Å². The highest BCUT2D eigenvalue weighted by atomic mass is 16.4. The number of fused-ring (bicyclic) bond motifs is 1. The molecule has 5 heteroatoms. The molecule has 17 heavy (non-hydrogen) atoms. The van der Waals surface area contributed by atoms with Crippen molar-refractivity contribution >= 4 is 17.6 Å². The van der Waals surface area contributed by atoms with Crippen LogP contribution >= 0.6 is 0 Å². The third kappa shape index (κ3) is 1.51. The van der Waals surface area contributed by atoms with E-state index in [2.05, 4.69) is 0 Å². The van der Waals surface area contributed by atoms with Gasteiger partial charge in [-0.1, -0.05) is 18.2 Å². The average molecular weight is 235 g/mol. The number of hydrogen-bond acceptors (Lipinski definition) is 3. The number of likely N-dealkylation sites (N-methyl/N-ethyl adjacent to an activating group) is 1. The largest absolute Gasteiger partial charge is 0.481 e. The van der Waals surface area contributed by atoms with Crippen molar-refractivity contribution in [3.63, 3.8) is 0 Å². The lowest BCUT2D eigenvalue weighted by Gasteiger charge is -2.19. The van der Waals surface area contributed by atoms with Crippen molar-refractivity contribution in [2.24, 2.45) is 0 Å². The molecule has 0 aromatic heterocycles.